The maximum atomic E-state index is 12.4. The Labute approximate surface area is 122 Å². The molecule has 2 aromatic rings. The largest absolute Gasteiger partial charge is 0.480 e. The molecular formula is C15H17N3O3. The van der Waals surface area contributed by atoms with E-state index in [1.165, 1.54) is 25.1 Å². The fraction of sp³-hybridized carbons (Fsp3) is 0.267. The lowest BCUT2D eigenvalue weighted by molar-refractivity contribution is -0.141. The third kappa shape index (κ3) is 2.79. The van der Waals surface area contributed by atoms with Crippen LogP contribution in [-0.4, -0.2) is 44.8 Å². The van der Waals surface area contributed by atoms with Gasteiger partial charge in [0.15, 0.2) is 0 Å². The number of carboxylic acid groups (broad SMARTS) is 1. The van der Waals surface area contributed by atoms with E-state index >= 15 is 0 Å². The van der Waals surface area contributed by atoms with Crippen molar-refractivity contribution >= 4 is 11.9 Å². The van der Waals surface area contributed by atoms with Crippen LogP contribution in [0.4, 0.5) is 0 Å². The zero-order valence-electron chi connectivity index (χ0n) is 12.1. The minimum absolute atomic E-state index is 0.357. The van der Waals surface area contributed by atoms with Crippen molar-refractivity contribution in [2.24, 2.45) is 0 Å². The monoisotopic (exact) mass is 287 g/mol. The number of benzene rings is 1. The summed E-state index contributed by atoms with van der Waals surface area (Å²) in [4.78, 5) is 24.5. The van der Waals surface area contributed by atoms with Crippen LogP contribution in [0.3, 0.4) is 0 Å². The van der Waals surface area contributed by atoms with E-state index in [1.807, 2.05) is 30.3 Å². The third-order valence-electron chi connectivity index (χ3n) is 3.50. The van der Waals surface area contributed by atoms with E-state index in [4.69, 9.17) is 5.11 Å². The van der Waals surface area contributed by atoms with Crippen LogP contribution in [0.25, 0.3) is 5.69 Å². The molecule has 1 N–H and O–H groups in total. The number of carbonyl (C=O) groups is 2. The molecular weight excluding hydrogens is 270 g/mol. The molecule has 0 unspecified atom stereocenters. The van der Waals surface area contributed by atoms with Crippen molar-refractivity contribution < 1.29 is 14.7 Å². The first kappa shape index (κ1) is 14.8. The maximum absolute atomic E-state index is 12.4. The third-order valence-corrected chi connectivity index (χ3v) is 3.50. The van der Waals surface area contributed by atoms with Crippen LogP contribution in [-0.2, 0) is 4.79 Å². The predicted octanol–water partition coefficient (Wildman–Crippen LogP) is 1.73. The second kappa shape index (κ2) is 5.78. The first-order chi connectivity index (χ1) is 9.93. The van der Waals surface area contributed by atoms with Gasteiger partial charge < -0.3 is 10.0 Å². The summed E-state index contributed by atoms with van der Waals surface area (Å²) < 4.78 is 1.66. The average molecular weight is 287 g/mol. The topological polar surface area (TPSA) is 75.4 Å². The summed E-state index contributed by atoms with van der Waals surface area (Å²) in [5.41, 5.74) is 1.92. The summed E-state index contributed by atoms with van der Waals surface area (Å²) in [6, 6.07) is 8.55. The summed E-state index contributed by atoms with van der Waals surface area (Å²) in [5, 5.41) is 13.2. The van der Waals surface area contributed by atoms with Crippen LogP contribution >= 0.6 is 0 Å². The van der Waals surface area contributed by atoms with E-state index in [2.05, 4.69) is 5.10 Å². The van der Waals surface area contributed by atoms with Gasteiger partial charge in [-0.05, 0) is 26.0 Å². The Kier molecular flexibility index (Phi) is 4.07. The Morgan fingerprint density at radius 3 is 2.48 bits per heavy atom. The first-order valence-corrected chi connectivity index (χ1v) is 6.53. The second-order valence-electron chi connectivity index (χ2n) is 4.82. The van der Waals surface area contributed by atoms with Gasteiger partial charge in [0.1, 0.15) is 6.04 Å². The zero-order valence-corrected chi connectivity index (χ0v) is 12.1. The summed E-state index contributed by atoms with van der Waals surface area (Å²) in [5.74, 6) is -1.40. The number of carbonyl (C=O) groups excluding carboxylic acids is 1. The van der Waals surface area contributed by atoms with Crippen molar-refractivity contribution in [3.05, 3.63) is 47.8 Å². The lowest BCUT2D eigenvalue weighted by Gasteiger charge is -2.21. The van der Waals surface area contributed by atoms with Gasteiger partial charge in [0.05, 0.1) is 23.1 Å². The fourth-order valence-corrected chi connectivity index (χ4v) is 1.98. The summed E-state index contributed by atoms with van der Waals surface area (Å²) in [7, 11) is 1.47. The molecule has 1 atom stereocenters. The molecule has 0 aliphatic rings. The lowest BCUT2D eigenvalue weighted by Crippen LogP contribution is -2.40. The van der Waals surface area contributed by atoms with E-state index in [9.17, 15) is 9.59 Å². The number of hydrogen-bond donors (Lipinski definition) is 1. The average Bonchev–Trinajstić information content (AvgIpc) is 2.87. The Morgan fingerprint density at radius 1 is 1.29 bits per heavy atom. The highest BCUT2D eigenvalue weighted by Gasteiger charge is 2.25. The Balaban J connectivity index is 2.33. The number of carboxylic acids is 1. The van der Waals surface area contributed by atoms with Gasteiger partial charge in [0, 0.05) is 7.05 Å². The molecule has 2 rings (SSSR count). The van der Waals surface area contributed by atoms with Gasteiger partial charge in [-0.2, -0.15) is 5.10 Å². The molecule has 0 spiro atoms. The van der Waals surface area contributed by atoms with Crippen LogP contribution in [0, 0.1) is 6.92 Å². The van der Waals surface area contributed by atoms with E-state index in [1.54, 1.807) is 11.6 Å². The Morgan fingerprint density at radius 2 is 1.90 bits per heavy atom. The number of para-hydroxylation sites is 1. The van der Waals surface area contributed by atoms with Crippen molar-refractivity contribution in [2.75, 3.05) is 7.05 Å². The molecule has 1 heterocycles. The van der Waals surface area contributed by atoms with E-state index in [-0.39, 0.29) is 5.91 Å². The normalized spacial score (nSPS) is 12.0. The predicted molar refractivity (Wildman–Crippen MR) is 77.5 cm³/mol. The minimum Gasteiger partial charge on any atom is -0.480 e. The van der Waals surface area contributed by atoms with Crippen molar-refractivity contribution in [1.82, 2.24) is 14.7 Å². The highest BCUT2D eigenvalue weighted by Crippen LogP contribution is 2.16. The van der Waals surface area contributed by atoms with Crippen LogP contribution < -0.4 is 0 Å². The number of hydrogen-bond acceptors (Lipinski definition) is 3. The molecule has 6 heteroatoms. The lowest BCUT2D eigenvalue weighted by atomic mass is 10.2. The second-order valence-corrected chi connectivity index (χ2v) is 4.82. The SMILES string of the molecule is Cc1c(C(=O)N(C)[C@@H](C)C(=O)O)cnn1-c1ccccc1. The van der Waals surface area contributed by atoms with Crippen molar-refractivity contribution in [2.45, 2.75) is 19.9 Å². The van der Waals surface area contributed by atoms with Crippen LogP contribution in [0.5, 0.6) is 0 Å². The molecule has 0 saturated carbocycles. The number of amides is 1. The standard InChI is InChI=1S/C15H17N3O3/c1-10-13(14(19)17(3)11(2)15(20)21)9-16-18(10)12-7-5-4-6-8-12/h4-9,11H,1-3H3,(H,20,21)/t11-/m0/s1. The molecule has 21 heavy (non-hydrogen) atoms. The van der Waals surface area contributed by atoms with Crippen molar-refractivity contribution in [3.63, 3.8) is 0 Å². The molecule has 0 aliphatic carbocycles. The highest BCUT2D eigenvalue weighted by atomic mass is 16.4. The van der Waals surface area contributed by atoms with E-state index in [0.29, 0.717) is 11.3 Å². The number of aliphatic carboxylic acids is 1. The molecule has 1 amide bonds. The molecule has 1 aromatic heterocycles. The molecule has 1 aromatic carbocycles. The molecule has 0 radical (unpaired) electrons. The van der Waals surface area contributed by atoms with Crippen LogP contribution in [0.15, 0.2) is 36.5 Å². The molecule has 0 saturated heterocycles. The Bertz CT molecular complexity index is 664. The number of aromatic nitrogens is 2. The minimum atomic E-state index is -1.04. The van der Waals surface area contributed by atoms with Gasteiger partial charge >= 0.3 is 5.97 Å². The van der Waals surface area contributed by atoms with E-state index in [0.717, 1.165) is 5.69 Å². The van der Waals surface area contributed by atoms with Gasteiger partial charge in [-0.15, -0.1) is 0 Å². The summed E-state index contributed by atoms with van der Waals surface area (Å²) in [6.45, 7) is 3.25. The summed E-state index contributed by atoms with van der Waals surface area (Å²) in [6.07, 6.45) is 1.47. The number of rotatable bonds is 4. The molecule has 0 aliphatic heterocycles. The summed E-state index contributed by atoms with van der Waals surface area (Å²) >= 11 is 0. The molecule has 0 bridgehead atoms. The van der Waals surface area contributed by atoms with Crippen molar-refractivity contribution in [1.29, 1.82) is 0 Å². The van der Waals surface area contributed by atoms with Gasteiger partial charge in [0.25, 0.3) is 5.91 Å². The highest BCUT2D eigenvalue weighted by molar-refractivity contribution is 5.97. The smallest absolute Gasteiger partial charge is 0.326 e. The first-order valence-electron chi connectivity index (χ1n) is 6.53. The Hall–Kier alpha value is -2.63. The molecule has 0 fully saturated rings. The van der Waals surface area contributed by atoms with Gasteiger partial charge in [-0.25, -0.2) is 9.48 Å². The number of nitrogens with zero attached hydrogens (tertiary/aromatic N) is 3. The van der Waals surface area contributed by atoms with Gasteiger partial charge in [-0.1, -0.05) is 18.2 Å². The maximum Gasteiger partial charge on any atom is 0.326 e. The van der Waals surface area contributed by atoms with Gasteiger partial charge in [-0.3, -0.25) is 4.79 Å². The molecule has 110 valence electrons. The fourth-order valence-electron chi connectivity index (χ4n) is 1.98. The van der Waals surface area contributed by atoms with Crippen LogP contribution in [0.2, 0.25) is 0 Å². The number of likely N-dealkylation sites (N-methyl/N-ethyl adjacent to an activating group) is 1. The van der Waals surface area contributed by atoms with Crippen LogP contribution in [0.1, 0.15) is 23.0 Å². The quantitative estimate of drug-likeness (QED) is 0.929. The van der Waals surface area contributed by atoms with Gasteiger partial charge in [0.2, 0.25) is 0 Å². The van der Waals surface area contributed by atoms with Crippen molar-refractivity contribution in [3.8, 4) is 5.69 Å². The molecule has 6 nitrogen and oxygen atoms in total. The van der Waals surface area contributed by atoms with E-state index < -0.39 is 12.0 Å². The zero-order chi connectivity index (χ0) is 15.6.